The van der Waals surface area contributed by atoms with E-state index in [1.807, 2.05) is 0 Å². The van der Waals surface area contributed by atoms with E-state index < -0.39 is 28.2 Å². The number of carbonyl (C=O) groups excluding carboxylic acids is 2. The van der Waals surface area contributed by atoms with Gasteiger partial charge in [-0.05, 0) is 35.9 Å². The highest BCUT2D eigenvalue weighted by atomic mass is 32.2. The Hall–Kier alpha value is -3.12. The molecule has 0 aromatic heterocycles. The van der Waals surface area contributed by atoms with Gasteiger partial charge in [-0.15, -0.1) is 13.2 Å². The van der Waals surface area contributed by atoms with Crippen molar-refractivity contribution in [2.45, 2.75) is 17.8 Å². The fourth-order valence-corrected chi connectivity index (χ4v) is 4.56. The van der Waals surface area contributed by atoms with Gasteiger partial charge in [0.05, 0.1) is 11.4 Å². The number of ether oxygens (including phenoxy) is 1. The molecule has 1 aliphatic rings. The van der Waals surface area contributed by atoms with Crippen molar-refractivity contribution in [3.05, 3.63) is 59.7 Å². The lowest BCUT2D eigenvalue weighted by atomic mass is 10.1. The molecule has 2 aromatic carbocycles. The molecule has 2 amide bonds. The van der Waals surface area contributed by atoms with Crippen molar-refractivity contribution in [2.75, 3.05) is 26.7 Å². The summed E-state index contributed by atoms with van der Waals surface area (Å²) in [6.45, 7) is 0.106. The molecule has 32 heavy (non-hydrogen) atoms. The van der Waals surface area contributed by atoms with Gasteiger partial charge in [-0.2, -0.15) is 4.31 Å². The maximum atomic E-state index is 12.8. The summed E-state index contributed by atoms with van der Waals surface area (Å²) in [4.78, 5) is 25.5. The zero-order chi connectivity index (χ0) is 23.5. The number of carbonyl (C=O) groups is 2. The van der Waals surface area contributed by atoms with Crippen LogP contribution in [0.4, 0.5) is 13.2 Å². The van der Waals surface area contributed by atoms with Gasteiger partial charge >= 0.3 is 6.36 Å². The summed E-state index contributed by atoms with van der Waals surface area (Å²) in [5.74, 6) is -1.26. The maximum absolute atomic E-state index is 12.8. The van der Waals surface area contributed by atoms with Gasteiger partial charge in [-0.3, -0.25) is 9.59 Å². The Kier molecular flexibility index (Phi) is 6.74. The highest BCUT2D eigenvalue weighted by molar-refractivity contribution is 7.89. The van der Waals surface area contributed by atoms with Gasteiger partial charge in [-0.1, -0.05) is 18.2 Å². The van der Waals surface area contributed by atoms with Crippen LogP contribution in [0.2, 0.25) is 0 Å². The minimum Gasteiger partial charge on any atom is -0.406 e. The zero-order valence-corrected chi connectivity index (χ0v) is 17.7. The van der Waals surface area contributed by atoms with E-state index in [4.69, 9.17) is 0 Å². The molecule has 0 radical (unpaired) electrons. The highest BCUT2D eigenvalue weighted by Gasteiger charge is 2.31. The van der Waals surface area contributed by atoms with E-state index in [-0.39, 0.29) is 42.4 Å². The molecule has 12 heteroatoms. The van der Waals surface area contributed by atoms with Crippen LogP contribution < -0.4 is 10.1 Å². The summed E-state index contributed by atoms with van der Waals surface area (Å²) >= 11 is 0. The van der Waals surface area contributed by atoms with Crippen LogP contribution in [-0.4, -0.2) is 62.5 Å². The summed E-state index contributed by atoms with van der Waals surface area (Å²) in [6, 6.07) is 10.5. The number of sulfonamides is 1. The van der Waals surface area contributed by atoms with Crippen molar-refractivity contribution in [3.63, 3.8) is 0 Å². The number of hydrogen-bond donors (Lipinski definition) is 1. The molecule has 172 valence electrons. The van der Waals surface area contributed by atoms with Gasteiger partial charge in [0.25, 0.3) is 5.91 Å². The molecule has 0 saturated carbocycles. The van der Waals surface area contributed by atoms with Gasteiger partial charge in [0.15, 0.2) is 0 Å². The number of benzene rings is 2. The minimum atomic E-state index is -4.79. The second kappa shape index (κ2) is 9.17. The predicted molar refractivity (Wildman–Crippen MR) is 107 cm³/mol. The first kappa shape index (κ1) is 23.5. The second-order valence-corrected chi connectivity index (χ2v) is 9.01. The number of nitrogens with zero attached hydrogens (tertiary/aromatic N) is 2. The second-order valence-electron chi connectivity index (χ2n) is 7.07. The average Bonchev–Trinajstić information content (AvgIpc) is 2.73. The van der Waals surface area contributed by atoms with Gasteiger partial charge in [0.1, 0.15) is 5.75 Å². The molecule has 0 bridgehead atoms. The van der Waals surface area contributed by atoms with E-state index in [0.29, 0.717) is 5.56 Å². The molecule has 1 fully saturated rings. The Bertz CT molecular complexity index is 1100. The molecule has 8 nitrogen and oxygen atoms in total. The summed E-state index contributed by atoms with van der Waals surface area (Å²) in [7, 11) is -2.47. The van der Waals surface area contributed by atoms with Crippen LogP contribution in [0.25, 0.3) is 0 Å². The molecule has 0 unspecified atom stereocenters. The van der Waals surface area contributed by atoms with E-state index in [1.165, 1.54) is 48.3 Å². The Morgan fingerprint density at radius 2 is 1.88 bits per heavy atom. The maximum Gasteiger partial charge on any atom is 0.573 e. The first-order chi connectivity index (χ1) is 15.0. The standard InChI is InChI=1S/C20H20F3N3O5S/c1-25(12-14-5-7-16(8-6-14)31-20(21,22)23)19(28)15-3-2-4-17(11-15)32(29,30)26-10-9-24-18(27)13-26/h2-8,11H,9-10,12-13H2,1H3,(H,24,27). The topological polar surface area (TPSA) is 96.0 Å². The van der Waals surface area contributed by atoms with E-state index in [0.717, 1.165) is 16.4 Å². The number of alkyl halides is 3. The van der Waals surface area contributed by atoms with Gasteiger partial charge in [-0.25, -0.2) is 8.42 Å². The smallest absolute Gasteiger partial charge is 0.406 e. The number of hydrogen-bond acceptors (Lipinski definition) is 5. The first-order valence-corrected chi connectivity index (χ1v) is 10.9. The van der Waals surface area contributed by atoms with E-state index in [1.54, 1.807) is 0 Å². The third-order valence-electron chi connectivity index (χ3n) is 4.65. The molecule has 1 N–H and O–H groups in total. The Morgan fingerprint density at radius 1 is 1.19 bits per heavy atom. The summed E-state index contributed by atoms with van der Waals surface area (Å²) < 4.78 is 67.3. The van der Waals surface area contributed by atoms with Crippen molar-refractivity contribution < 1.29 is 35.9 Å². The Morgan fingerprint density at radius 3 is 2.50 bits per heavy atom. The molecule has 1 aliphatic heterocycles. The van der Waals surface area contributed by atoms with Crippen LogP contribution >= 0.6 is 0 Å². The molecule has 1 saturated heterocycles. The number of piperazine rings is 1. The van der Waals surface area contributed by atoms with Crippen LogP contribution in [0.15, 0.2) is 53.4 Å². The van der Waals surface area contributed by atoms with E-state index in [9.17, 15) is 31.2 Å². The van der Waals surface area contributed by atoms with Crippen LogP contribution in [0.1, 0.15) is 15.9 Å². The summed E-state index contributed by atoms with van der Waals surface area (Å²) in [6.07, 6.45) is -4.79. The monoisotopic (exact) mass is 471 g/mol. The van der Waals surface area contributed by atoms with Crippen molar-refractivity contribution in [3.8, 4) is 5.75 Å². The lowest BCUT2D eigenvalue weighted by Crippen LogP contribution is -2.49. The zero-order valence-electron chi connectivity index (χ0n) is 16.9. The summed E-state index contributed by atoms with van der Waals surface area (Å²) in [5, 5.41) is 2.55. The Labute approximate surface area is 182 Å². The molecule has 1 heterocycles. The molecule has 3 rings (SSSR count). The van der Waals surface area contributed by atoms with Crippen molar-refractivity contribution in [1.29, 1.82) is 0 Å². The average molecular weight is 471 g/mol. The molecule has 2 aromatic rings. The molecule has 0 spiro atoms. The van der Waals surface area contributed by atoms with Crippen LogP contribution in [-0.2, 0) is 21.4 Å². The van der Waals surface area contributed by atoms with Crippen LogP contribution in [0.5, 0.6) is 5.75 Å². The van der Waals surface area contributed by atoms with Gasteiger partial charge in [0, 0.05) is 32.2 Å². The van der Waals surface area contributed by atoms with E-state index >= 15 is 0 Å². The third kappa shape index (κ3) is 5.77. The third-order valence-corrected chi connectivity index (χ3v) is 6.49. The number of rotatable bonds is 6. The summed E-state index contributed by atoms with van der Waals surface area (Å²) in [5.41, 5.74) is 0.672. The van der Waals surface area contributed by atoms with E-state index in [2.05, 4.69) is 10.1 Å². The quantitative estimate of drug-likeness (QED) is 0.695. The largest absolute Gasteiger partial charge is 0.573 e. The lowest BCUT2D eigenvalue weighted by molar-refractivity contribution is -0.274. The number of nitrogens with one attached hydrogen (secondary N) is 1. The van der Waals surface area contributed by atoms with Gasteiger partial charge in [0.2, 0.25) is 15.9 Å². The molecular weight excluding hydrogens is 451 g/mol. The minimum absolute atomic E-state index is 0.0778. The van der Waals surface area contributed by atoms with Crippen LogP contribution in [0, 0.1) is 0 Å². The fourth-order valence-electron chi connectivity index (χ4n) is 3.12. The van der Waals surface area contributed by atoms with Crippen molar-refractivity contribution in [1.82, 2.24) is 14.5 Å². The molecule has 0 aliphatic carbocycles. The van der Waals surface area contributed by atoms with Crippen LogP contribution in [0.3, 0.4) is 0 Å². The molecular formula is C20H20F3N3O5S. The van der Waals surface area contributed by atoms with Crippen molar-refractivity contribution >= 4 is 21.8 Å². The predicted octanol–water partition coefficient (Wildman–Crippen LogP) is 1.98. The fraction of sp³-hybridized carbons (Fsp3) is 0.300. The molecule has 0 atom stereocenters. The number of halogens is 3. The Balaban J connectivity index is 1.72. The SMILES string of the molecule is CN(Cc1ccc(OC(F)(F)F)cc1)C(=O)c1cccc(S(=O)(=O)N2CCNC(=O)C2)c1. The number of amides is 2. The normalized spacial score (nSPS) is 15.2. The van der Waals surface area contributed by atoms with Gasteiger partial charge < -0.3 is 15.0 Å². The van der Waals surface area contributed by atoms with Crippen molar-refractivity contribution in [2.24, 2.45) is 0 Å². The lowest BCUT2D eigenvalue weighted by Gasteiger charge is -2.26. The first-order valence-electron chi connectivity index (χ1n) is 9.43. The highest BCUT2D eigenvalue weighted by Crippen LogP contribution is 2.23.